The number of aliphatic hydroxyl groups is 2. The number of unbranched alkanes of at least 4 members (excludes halogenated alkanes) is 6. The van der Waals surface area contributed by atoms with Gasteiger partial charge in [0.05, 0.1) is 18.8 Å². The molecule has 0 heterocycles. The van der Waals surface area contributed by atoms with Crippen LogP contribution >= 0.6 is 12.4 Å². The first-order valence-electron chi connectivity index (χ1n) is 9.72. The molecule has 1 aromatic carbocycles. The molecule has 146 valence electrons. The van der Waals surface area contributed by atoms with Crippen molar-refractivity contribution in [3.8, 4) is 0 Å². The van der Waals surface area contributed by atoms with Gasteiger partial charge in [0.1, 0.15) is 0 Å². The number of nitrogens with two attached hydrogens (primary N) is 1. The predicted molar refractivity (Wildman–Crippen MR) is 109 cm³/mol. The number of hydrogen-bond donors (Lipinski definition) is 3. The van der Waals surface area contributed by atoms with Gasteiger partial charge in [-0.2, -0.15) is 0 Å². The van der Waals surface area contributed by atoms with E-state index >= 15 is 0 Å². The van der Waals surface area contributed by atoms with Gasteiger partial charge in [0.15, 0.2) is 0 Å². The maximum Gasteiger partial charge on any atom is 0.0633 e. The Hall–Kier alpha value is -0.610. The minimum Gasteiger partial charge on any atom is -0.394 e. The molecule has 0 saturated carbocycles. The highest BCUT2D eigenvalue weighted by atomic mass is 35.5. The van der Waals surface area contributed by atoms with E-state index in [0.717, 1.165) is 19.3 Å². The van der Waals surface area contributed by atoms with Gasteiger partial charge >= 0.3 is 0 Å². The zero-order chi connectivity index (χ0) is 17.7. The summed E-state index contributed by atoms with van der Waals surface area (Å²) in [5.41, 5.74) is 7.86. The van der Waals surface area contributed by atoms with Crippen LogP contribution in [0.4, 0.5) is 0 Å². The van der Waals surface area contributed by atoms with E-state index in [-0.39, 0.29) is 25.6 Å². The Balaban J connectivity index is 0.00000576. The molecule has 0 radical (unpaired) electrons. The fourth-order valence-corrected chi connectivity index (χ4v) is 3.00. The molecule has 0 unspecified atom stereocenters. The average Bonchev–Trinajstić information content (AvgIpc) is 2.62. The molecular weight excluding hydrogens is 334 g/mol. The molecule has 0 bridgehead atoms. The summed E-state index contributed by atoms with van der Waals surface area (Å²) in [6, 6.07) is 8.99. The Morgan fingerprint density at radius 3 is 1.68 bits per heavy atom. The molecular formula is C21H38ClNO2. The van der Waals surface area contributed by atoms with Gasteiger partial charge in [-0.1, -0.05) is 69.7 Å². The lowest BCUT2D eigenvalue weighted by Gasteiger charge is -2.24. The third-order valence-corrected chi connectivity index (χ3v) is 4.86. The Bertz CT molecular complexity index is 418. The van der Waals surface area contributed by atoms with Crippen molar-refractivity contribution in [2.75, 3.05) is 13.2 Å². The highest BCUT2D eigenvalue weighted by Gasteiger charge is 2.21. The molecule has 0 fully saturated rings. The Morgan fingerprint density at radius 1 is 0.760 bits per heavy atom. The van der Waals surface area contributed by atoms with E-state index in [4.69, 9.17) is 5.73 Å². The van der Waals surface area contributed by atoms with Gasteiger partial charge in [0, 0.05) is 0 Å². The summed E-state index contributed by atoms with van der Waals surface area (Å²) in [4.78, 5) is 0. The van der Waals surface area contributed by atoms with Gasteiger partial charge in [-0.25, -0.2) is 0 Å². The number of aryl methyl sites for hydroxylation is 2. The van der Waals surface area contributed by atoms with Crippen molar-refractivity contribution in [3.05, 3.63) is 35.4 Å². The lowest BCUT2D eigenvalue weighted by molar-refractivity contribution is 0.112. The van der Waals surface area contributed by atoms with E-state index in [1.54, 1.807) is 0 Å². The molecule has 0 spiro atoms. The molecule has 0 atom stereocenters. The van der Waals surface area contributed by atoms with Gasteiger partial charge in [0.2, 0.25) is 0 Å². The van der Waals surface area contributed by atoms with Crippen molar-refractivity contribution in [3.63, 3.8) is 0 Å². The van der Waals surface area contributed by atoms with Crippen LogP contribution in [0, 0.1) is 0 Å². The number of hydrogen-bond acceptors (Lipinski definition) is 3. The normalized spacial score (nSPS) is 11.4. The van der Waals surface area contributed by atoms with Crippen LogP contribution in [0.5, 0.6) is 0 Å². The van der Waals surface area contributed by atoms with Crippen molar-refractivity contribution in [1.29, 1.82) is 0 Å². The molecule has 0 amide bonds. The van der Waals surface area contributed by atoms with Crippen LogP contribution < -0.4 is 5.73 Å². The lowest BCUT2D eigenvalue weighted by atomic mass is 9.94. The number of rotatable bonds is 14. The molecule has 0 aromatic heterocycles. The Morgan fingerprint density at radius 2 is 1.20 bits per heavy atom. The lowest BCUT2D eigenvalue weighted by Crippen LogP contribution is -2.47. The minimum absolute atomic E-state index is 0. The van der Waals surface area contributed by atoms with Crippen molar-refractivity contribution in [1.82, 2.24) is 0 Å². The summed E-state index contributed by atoms with van der Waals surface area (Å²) < 4.78 is 0. The van der Waals surface area contributed by atoms with E-state index in [1.807, 2.05) is 0 Å². The van der Waals surface area contributed by atoms with Crippen molar-refractivity contribution >= 4 is 12.4 Å². The van der Waals surface area contributed by atoms with Crippen LogP contribution in [0.2, 0.25) is 0 Å². The second-order valence-corrected chi connectivity index (χ2v) is 7.22. The van der Waals surface area contributed by atoms with E-state index in [9.17, 15) is 10.2 Å². The van der Waals surface area contributed by atoms with E-state index in [0.29, 0.717) is 6.42 Å². The third-order valence-electron chi connectivity index (χ3n) is 4.86. The molecule has 0 aliphatic rings. The molecule has 1 rings (SSSR count). The molecule has 3 nitrogen and oxygen atoms in total. The molecule has 25 heavy (non-hydrogen) atoms. The highest BCUT2D eigenvalue weighted by molar-refractivity contribution is 5.85. The first-order chi connectivity index (χ1) is 11.6. The smallest absolute Gasteiger partial charge is 0.0633 e. The quantitative estimate of drug-likeness (QED) is 0.424. The maximum absolute atomic E-state index is 9.18. The second-order valence-electron chi connectivity index (χ2n) is 7.22. The fraction of sp³-hybridized carbons (Fsp3) is 0.714. The highest BCUT2D eigenvalue weighted by Crippen LogP contribution is 2.15. The van der Waals surface area contributed by atoms with Crippen molar-refractivity contribution in [2.24, 2.45) is 5.73 Å². The topological polar surface area (TPSA) is 66.5 Å². The summed E-state index contributed by atoms with van der Waals surface area (Å²) in [6.07, 6.45) is 12.9. The van der Waals surface area contributed by atoms with Crippen LogP contribution in [-0.4, -0.2) is 29.0 Å². The Kier molecular flexibility index (Phi) is 14.2. The van der Waals surface area contributed by atoms with E-state index in [2.05, 4.69) is 31.2 Å². The summed E-state index contributed by atoms with van der Waals surface area (Å²) in [7, 11) is 0. The molecule has 0 saturated heterocycles. The predicted octanol–water partition coefficient (Wildman–Crippen LogP) is 4.41. The molecule has 4 heteroatoms. The molecule has 4 N–H and O–H groups in total. The first-order valence-corrected chi connectivity index (χ1v) is 9.72. The minimum atomic E-state index is -0.818. The summed E-state index contributed by atoms with van der Waals surface area (Å²) in [5.74, 6) is 0. The van der Waals surface area contributed by atoms with Crippen LogP contribution in [0.25, 0.3) is 0 Å². The van der Waals surface area contributed by atoms with Crippen LogP contribution in [0.1, 0.15) is 75.8 Å². The van der Waals surface area contributed by atoms with Gasteiger partial charge in [-0.15, -0.1) is 12.4 Å². The first kappa shape index (κ1) is 24.4. The Labute approximate surface area is 160 Å². The largest absolute Gasteiger partial charge is 0.394 e. The van der Waals surface area contributed by atoms with E-state index < -0.39 is 5.54 Å². The summed E-state index contributed by atoms with van der Waals surface area (Å²) in [5, 5.41) is 18.4. The van der Waals surface area contributed by atoms with Crippen LogP contribution in [0.3, 0.4) is 0 Å². The fourth-order valence-electron chi connectivity index (χ4n) is 3.00. The number of benzene rings is 1. The molecule has 0 aliphatic carbocycles. The number of halogens is 1. The van der Waals surface area contributed by atoms with Gasteiger partial charge in [-0.05, 0) is 43.2 Å². The molecule has 1 aromatic rings. The van der Waals surface area contributed by atoms with Crippen LogP contribution in [0.15, 0.2) is 24.3 Å². The van der Waals surface area contributed by atoms with Gasteiger partial charge in [0.25, 0.3) is 0 Å². The second kappa shape index (κ2) is 14.5. The maximum atomic E-state index is 9.18. The summed E-state index contributed by atoms with van der Waals surface area (Å²) >= 11 is 0. The number of aliphatic hydroxyl groups excluding tert-OH is 2. The monoisotopic (exact) mass is 371 g/mol. The zero-order valence-corrected chi connectivity index (χ0v) is 16.7. The third kappa shape index (κ3) is 10.9. The van der Waals surface area contributed by atoms with Gasteiger partial charge < -0.3 is 15.9 Å². The zero-order valence-electron chi connectivity index (χ0n) is 15.9. The average molecular weight is 372 g/mol. The summed E-state index contributed by atoms with van der Waals surface area (Å²) in [6.45, 7) is 1.94. The standard InChI is InChI=1S/C21H37NO2.ClH/c1-2-3-4-5-6-7-10-19-12-14-20(15-13-19)11-8-9-16-21(22,17-23)18-24;/h12-15,23-24H,2-11,16-18,22H2,1H3;1H. The van der Waals surface area contributed by atoms with Gasteiger partial charge in [-0.3, -0.25) is 0 Å². The van der Waals surface area contributed by atoms with E-state index in [1.165, 1.54) is 56.1 Å². The molecule has 0 aliphatic heterocycles. The SMILES string of the molecule is CCCCCCCCc1ccc(CCCCC(N)(CO)CO)cc1.Cl. The van der Waals surface area contributed by atoms with Crippen LogP contribution in [-0.2, 0) is 12.8 Å². The van der Waals surface area contributed by atoms with Crippen molar-refractivity contribution in [2.45, 2.75) is 83.1 Å². The van der Waals surface area contributed by atoms with Crippen molar-refractivity contribution < 1.29 is 10.2 Å².